The Morgan fingerprint density at radius 1 is 0.492 bits per heavy atom. The fourth-order valence-electron chi connectivity index (χ4n) is 10.7. The van der Waals surface area contributed by atoms with Crippen molar-refractivity contribution in [3.63, 3.8) is 0 Å². The van der Waals surface area contributed by atoms with Gasteiger partial charge in [-0.25, -0.2) is 0 Å². The van der Waals surface area contributed by atoms with E-state index in [-0.39, 0.29) is 47.3 Å². The zero-order chi connectivity index (χ0) is 46.9. The second-order valence-corrected chi connectivity index (χ2v) is 20.5. The summed E-state index contributed by atoms with van der Waals surface area (Å²) in [5, 5.41) is 5.82. The summed E-state index contributed by atoms with van der Waals surface area (Å²) in [4.78, 5) is 2.42. The quantitative estimate of drug-likeness (QED) is 0.162. The molecule has 0 aliphatic carbocycles. The molecule has 0 radical (unpaired) electrons. The Balaban J connectivity index is 1.28. The standard InChI is InChI=1S/C58H46BN3S/c1-57(2,3)37-25-28-40(29-26-37)61-48-31-36(35-17-9-7-10-18-35)32-49-51(48)59(56-55(61)45-33-38(58(4,5)6)27-30-50(45)63-56)52-53-43(34-44-42-22-14-16-24-47(42)62(49)54(44)52)41-21-13-15-23-46(41)60(53)39-19-11-8-12-20-39/h7-34H,1-6H3/i7D,9D,10D,17D,18D. The number of para-hydroxylation sites is 3. The largest absolute Gasteiger partial charge is 0.310 e. The molecule has 2 aliphatic rings. The molecular weight excluding hydrogens is 782 g/mol. The zero-order valence-electron chi connectivity index (χ0n) is 41.1. The predicted octanol–water partition coefficient (Wildman–Crippen LogP) is 14.0. The number of anilines is 3. The molecule has 8 aromatic carbocycles. The van der Waals surface area contributed by atoms with Gasteiger partial charge in [0, 0.05) is 59.2 Å². The first kappa shape index (κ1) is 31.9. The lowest BCUT2D eigenvalue weighted by molar-refractivity contribution is 0.590. The van der Waals surface area contributed by atoms with Crippen molar-refractivity contribution >= 4 is 105 Å². The van der Waals surface area contributed by atoms with Crippen LogP contribution in [0.4, 0.5) is 17.1 Å². The van der Waals surface area contributed by atoms with Crippen LogP contribution in [0.3, 0.4) is 0 Å². The van der Waals surface area contributed by atoms with Gasteiger partial charge in [0.25, 0.3) is 6.71 Å². The maximum atomic E-state index is 9.36. The summed E-state index contributed by atoms with van der Waals surface area (Å²) in [7, 11) is 0. The van der Waals surface area contributed by atoms with Gasteiger partial charge in [0.15, 0.2) is 0 Å². The van der Waals surface area contributed by atoms with E-state index in [1.165, 1.54) is 36.8 Å². The summed E-state index contributed by atoms with van der Waals surface area (Å²) < 4.78 is 52.3. The molecule has 3 aromatic heterocycles. The molecule has 0 unspecified atom stereocenters. The van der Waals surface area contributed by atoms with Gasteiger partial charge in [-0.3, -0.25) is 0 Å². The van der Waals surface area contributed by atoms with Gasteiger partial charge in [-0.05, 0) is 111 Å². The summed E-state index contributed by atoms with van der Waals surface area (Å²) in [5.41, 5.74) is 14.9. The van der Waals surface area contributed by atoms with Gasteiger partial charge in [-0.1, -0.05) is 145 Å². The molecule has 0 amide bonds. The van der Waals surface area contributed by atoms with E-state index in [0.29, 0.717) is 5.56 Å². The zero-order valence-corrected chi connectivity index (χ0v) is 36.9. The Morgan fingerprint density at radius 2 is 1.10 bits per heavy atom. The van der Waals surface area contributed by atoms with E-state index in [9.17, 15) is 2.74 Å². The van der Waals surface area contributed by atoms with Crippen molar-refractivity contribution in [2.75, 3.05) is 4.90 Å². The highest BCUT2D eigenvalue weighted by molar-refractivity contribution is 7.34. The number of nitrogens with zero attached hydrogens (tertiary/aromatic N) is 3. The monoisotopic (exact) mass is 832 g/mol. The molecule has 5 heteroatoms. The lowest BCUT2D eigenvalue weighted by atomic mass is 9.36. The number of benzene rings is 8. The number of fused-ring (bicyclic) bond motifs is 13. The Morgan fingerprint density at radius 3 is 1.78 bits per heavy atom. The van der Waals surface area contributed by atoms with Gasteiger partial charge in [0.1, 0.15) is 0 Å². The second kappa shape index (κ2) is 12.9. The molecule has 0 fully saturated rings. The van der Waals surface area contributed by atoms with Gasteiger partial charge >= 0.3 is 0 Å². The average Bonchev–Trinajstić information content (AvgIpc) is 3.99. The fourth-order valence-corrected chi connectivity index (χ4v) is 12.0. The van der Waals surface area contributed by atoms with Crippen molar-refractivity contribution in [3.8, 4) is 22.5 Å². The summed E-state index contributed by atoms with van der Waals surface area (Å²) in [6.45, 7) is 13.3. The lowest BCUT2D eigenvalue weighted by Crippen LogP contribution is -2.60. The van der Waals surface area contributed by atoms with Gasteiger partial charge in [-0.2, -0.15) is 0 Å². The van der Waals surface area contributed by atoms with Gasteiger partial charge < -0.3 is 14.0 Å². The number of hydrogen-bond donors (Lipinski definition) is 0. The van der Waals surface area contributed by atoms with E-state index in [4.69, 9.17) is 4.11 Å². The SMILES string of the molecule is [2H]c1c([2H])c([2H])c(-c2cc3c4c(c2)-n2c5ccccc5c5cc6c7ccccc7n(-c7ccccc7)c6c(c52)B4c2sc4ccc(C(C)(C)C)cc4c2N3c2ccc(C(C)(C)C)cc2)c([2H])c1[2H]. The third-order valence-electron chi connectivity index (χ3n) is 13.7. The highest BCUT2D eigenvalue weighted by Gasteiger charge is 2.46. The van der Waals surface area contributed by atoms with E-state index in [2.05, 4.69) is 195 Å². The van der Waals surface area contributed by atoms with Crippen LogP contribution >= 0.6 is 11.3 Å². The second-order valence-electron chi connectivity index (χ2n) is 19.4. The molecule has 3 nitrogen and oxygen atoms in total. The average molecular weight is 833 g/mol. The Kier molecular flexibility index (Phi) is 6.53. The topological polar surface area (TPSA) is 13.1 Å². The highest BCUT2D eigenvalue weighted by atomic mass is 32.1. The fraction of sp³-hybridized carbons (Fsp3) is 0.138. The molecule has 13 rings (SSSR count). The molecule has 0 bridgehead atoms. The van der Waals surface area contributed by atoms with Crippen LogP contribution in [0.25, 0.3) is 76.2 Å². The maximum absolute atomic E-state index is 9.36. The van der Waals surface area contributed by atoms with Crippen molar-refractivity contribution in [3.05, 3.63) is 181 Å². The number of rotatable bonds is 3. The van der Waals surface area contributed by atoms with Crippen molar-refractivity contribution in [2.24, 2.45) is 0 Å². The van der Waals surface area contributed by atoms with Gasteiger partial charge in [-0.15, -0.1) is 11.3 Å². The molecule has 0 atom stereocenters. The van der Waals surface area contributed by atoms with E-state index in [0.717, 1.165) is 72.1 Å². The molecule has 0 N–H and O–H groups in total. The van der Waals surface area contributed by atoms with Crippen LogP contribution in [-0.4, -0.2) is 15.8 Å². The number of aromatic nitrogens is 2. The third kappa shape index (κ3) is 5.14. The van der Waals surface area contributed by atoms with Crippen LogP contribution < -0.4 is 20.6 Å². The third-order valence-corrected chi connectivity index (χ3v) is 14.9. The summed E-state index contributed by atoms with van der Waals surface area (Å²) in [5.74, 6) is 0. The Bertz CT molecular complexity index is 3970. The summed E-state index contributed by atoms with van der Waals surface area (Å²) >= 11 is 1.87. The van der Waals surface area contributed by atoms with Crippen molar-refractivity contribution in [1.29, 1.82) is 0 Å². The number of thiophene rings is 1. The predicted molar refractivity (Wildman–Crippen MR) is 273 cm³/mol. The van der Waals surface area contributed by atoms with Crippen molar-refractivity contribution in [1.82, 2.24) is 9.13 Å². The molecule has 0 saturated carbocycles. The van der Waals surface area contributed by atoms with Crippen LogP contribution in [-0.2, 0) is 10.8 Å². The molecule has 11 aromatic rings. The summed E-state index contributed by atoms with van der Waals surface area (Å²) in [6, 6.07) is 49.1. The minimum absolute atomic E-state index is 0.0689. The first-order chi connectivity index (χ1) is 32.6. The van der Waals surface area contributed by atoms with E-state index < -0.39 is 6.04 Å². The molecule has 5 heterocycles. The minimum atomic E-state index is -0.405. The van der Waals surface area contributed by atoms with Gasteiger partial charge in [0.2, 0.25) is 0 Å². The lowest BCUT2D eigenvalue weighted by Gasteiger charge is -2.40. The molecule has 0 spiro atoms. The van der Waals surface area contributed by atoms with E-state index in [1.54, 1.807) is 0 Å². The highest BCUT2D eigenvalue weighted by Crippen LogP contribution is 2.49. The maximum Gasteiger partial charge on any atom is 0.267 e. The van der Waals surface area contributed by atoms with Crippen LogP contribution in [0.1, 0.15) is 59.5 Å². The Labute approximate surface area is 379 Å². The first-order valence-electron chi connectivity index (χ1n) is 24.4. The van der Waals surface area contributed by atoms with Crippen LogP contribution in [0.5, 0.6) is 0 Å². The summed E-state index contributed by atoms with van der Waals surface area (Å²) in [6.07, 6.45) is 0. The van der Waals surface area contributed by atoms with E-state index >= 15 is 0 Å². The van der Waals surface area contributed by atoms with Crippen LogP contribution in [0.15, 0.2) is 170 Å². The molecule has 0 saturated heterocycles. The molecule has 2 aliphatic heterocycles. The van der Waals surface area contributed by atoms with Crippen LogP contribution in [0, 0.1) is 0 Å². The van der Waals surface area contributed by atoms with Gasteiger partial charge in [0.05, 0.1) is 34.6 Å². The molecule has 302 valence electrons. The first-order valence-corrected chi connectivity index (χ1v) is 22.7. The van der Waals surface area contributed by atoms with Crippen LogP contribution in [0.2, 0.25) is 0 Å². The normalized spacial score (nSPS) is 14.6. The van der Waals surface area contributed by atoms with Crippen molar-refractivity contribution in [2.45, 2.75) is 52.4 Å². The number of hydrogen-bond acceptors (Lipinski definition) is 2. The molecule has 63 heavy (non-hydrogen) atoms. The smallest absolute Gasteiger partial charge is 0.267 e. The Hall–Kier alpha value is -6.82. The van der Waals surface area contributed by atoms with E-state index in [1.807, 2.05) is 11.3 Å². The minimum Gasteiger partial charge on any atom is -0.310 e. The van der Waals surface area contributed by atoms with Crippen molar-refractivity contribution < 1.29 is 6.85 Å². The molecular formula is C58H46BN3S.